The molecule has 4 aromatic rings. The Morgan fingerprint density at radius 1 is 1.16 bits per heavy atom. The summed E-state index contributed by atoms with van der Waals surface area (Å²) in [6, 6.07) is 13.8. The molecule has 10 nitrogen and oxygen atoms in total. The molecule has 2 aromatic heterocycles. The van der Waals surface area contributed by atoms with Crippen LogP contribution in [0, 0.1) is 6.92 Å². The zero-order valence-corrected chi connectivity index (χ0v) is 21.7. The van der Waals surface area contributed by atoms with Crippen molar-refractivity contribution in [1.29, 1.82) is 0 Å². The van der Waals surface area contributed by atoms with Gasteiger partial charge >= 0.3 is 5.69 Å². The summed E-state index contributed by atoms with van der Waals surface area (Å²) in [4.78, 5) is 30.6. The first-order chi connectivity index (χ1) is 17.9. The molecule has 1 aliphatic rings. The molecule has 0 aliphatic carbocycles. The van der Waals surface area contributed by atoms with E-state index in [1.165, 1.54) is 4.57 Å². The Morgan fingerprint density at radius 2 is 1.95 bits per heavy atom. The maximum atomic E-state index is 12.9. The molecule has 0 radical (unpaired) electrons. The summed E-state index contributed by atoms with van der Waals surface area (Å²) in [5.74, 6) is 0.495. The summed E-state index contributed by atoms with van der Waals surface area (Å²) in [6.45, 7) is 5.41. The minimum absolute atomic E-state index is 0.180. The molecule has 1 saturated heterocycles. The lowest BCUT2D eigenvalue weighted by molar-refractivity contribution is 0.143. The van der Waals surface area contributed by atoms with E-state index < -0.39 is 5.69 Å². The van der Waals surface area contributed by atoms with Crippen molar-refractivity contribution in [3.8, 4) is 5.69 Å². The van der Waals surface area contributed by atoms with Crippen molar-refractivity contribution in [3.05, 3.63) is 69.7 Å². The van der Waals surface area contributed by atoms with Crippen LogP contribution in [0.3, 0.4) is 0 Å². The fourth-order valence-corrected chi connectivity index (χ4v) is 5.04. The van der Waals surface area contributed by atoms with Crippen molar-refractivity contribution in [3.63, 3.8) is 0 Å². The van der Waals surface area contributed by atoms with Gasteiger partial charge in [0, 0.05) is 44.3 Å². The van der Waals surface area contributed by atoms with E-state index in [2.05, 4.69) is 49.2 Å². The second kappa shape index (κ2) is 10.3. The Kier molecular flexibility index (Phi) is 6.96. The van der Waals surface area contributed by atoms with Gasteiger partial charge in [0.05, 0.1) is 28.7 Å². The Hall–Kier alpha value is -3.73. The smallest absolute Gasteiger partial charge is 0.355 e. The first-order valence-corrected chi connectivity index (χ1v) is 12.4. The van der Waals surface area contributed by atoms with E-state index >= 15 is 0 Å². The third-order valence-corrected chi connectivity index (χ3v) is 6.90. The van der Waals surface area contributed by atoms with Crippen LogP contribution >= 0.6 is 11.6 Å². The van der Waals surface area contributed by atoms with Crippen LogP contribution in [-0.4, -0.2) is 70.9 Å². The molecule has 3 heterocycles. The van der Waals surface area contributed by atoms with Gasteiger partial charge in [-0.05, 0) is 49.9 Å². The fourth-order valence-electron chi connectivity index (χ4n) is 4.74. The quantitative estimate of drug-likeness (QED) is 0.395. The normalized spacial score (nSPS) is 16.3. The summed E-state index contributed by atoms with van der Waals surface area (Å²) >= 11 is 6.37. The summed E-state index contributed by atoms with van der Waals surface area (Å²) in [5.41, 5.74) is 9.25. The maximum absolute atomic E-state index is 12.9. The lowest BCUT2D eigenvalue weighted by atomic mass is 10.1. The van der Waals surface area contributed by atoms with Crippen molar-refractivity contribution in [2.45, 2.75) is 13.0 Å². The van der Waals surface area contributed by atoms with Gasteiger partial charge in [0.15, 0.2) is 5.65 Å². The molecule has 0 saturated carbocycles. The summed E-state index contributed by atoms with van der Waals surface area (Å²) in [7, 11) is 3.87. The molecular weight excluding hydrogens is 492 g/mol. The van der Waals surface area contributed by atoms with Gasteiger partial charge in [0.25, 0.3) is 0 Å². The number of piperazine rings is 1. The number of hydrogen-bond acceptors (Lipinski definition) is 9. The van der Waals surface area contributed by atoms with Gasteiger partial charge in [-0.15, -0.1) is 0 Å². The number of methoxy groups -OCH3 is 1. The maximum Gasteiger partial charge on any atom is 0.355 e. The van der Waals surface area contributed by atoms with Crippen molar-refractivity contribution in [2.75, 3.05) is 56.3 Å². The average molecular weight is 521 g/mol. The number of fused-ring (bicyclic) bond motifs is 1. The molecule has 0 spiro atoms. The van der Waals surface area contributed by atoms with Crippen LogP contribution in [0.2, 0.25) is 5.02 Å². The van der Waals surface area contributed by atoms with Crippen LogP contribution < -0.4 is 21.6 Å². The average Bonchev–Trinajstić information content (AvgIpc) is 2.86. The Morgan fingerprint density at radius 3 is 2.68 bits per heavy atom. The molecule has 3 N–H and O–H groups in total. The number of para-hydroxylation sites is 1. The summed E-state index contributed by atoms with van der Waals surface area (Å²) in [5, 5.41) is 4.05. The highest BCUT2D eigenvalue weighted by Gasteiger charge is 2.25. The molecule has 1 unspecified atom stereocenters. The second-order valence-corrected chi connectivity index (χ2v) is 9.60. The summed E-state index contributed by atoms with van der Waals surface area (Å²) in [6.07, 6.45) is 1.56. The van der Waals surface area contributed by atoms with Crippen LogP contribution in [0.5, 0.6) is 0 Å². The molecule has 1 fully saturated rings. The van der Waals surface area contributed by atoms with E-state index in [-0.39, 0.29) is 11.5 Å². The predicted molar refractivity (Wildman–Crippen MR) is 147 cm³/mol. The highest BCUT2D eigenvalue weighted by Crippen LogP contribution is 2.28. The molecule has 5 rings (SSSR count). The number of rotatable bonds is 6. The number of halogens is 1. The largest absolute Gasteiger partial charge is 0.384 e. The third kappa shape index (κ3) is 4.95. The molecular formula is C26H29ClN8O2. The third-order valence-electron chi connectivity index (χ3n) is 6.59. The second-order valence-electron chi connectivity index (χ2n) is 9.19. The minimum atomic E-state index is -0.562. The van der Waals surface area contributed by atoms with Crippen LogP contribution in [0.4, 0.5) is 23.1 Å². The van der Waals surface area contributed by atoms with Gasteiger partial charge in [0.1, 0.15) is 5.82 Å². The molecule has 11 heteroatoms. The molecule has 0 bridgehead atoms. The number of nitrogens with one attached hydrogen (secondary N) is 1. The summed E-state index contributed by atoms with van der Waals surface area (Å²) < 4.78 is 6.73. The molecule has 37 heavy (non-hydrogen) atoms. The predicted octanol–water partition coefficient (Wildman–Crippen LogP) is 3.23. The van der Waals surface area contributed by atoms with E-state index in [4.69, 9.17) is 22.1 Å². The van der Waals surface area contributed by atoms with Gasteiger partial charge in [-0.25, -0.2) is 14.3 Å². The van der Waals surface area contributed by atoms with Gasteiger partial charge in [-0.2, -0.15) is 9.97 Å². The van der Waals surface area contributed by atoms with Crippen LogP contribution in [-0.2, 0) is 4.74 Å². The molecule has 1 aliphatic heterocycles. The number of hydrogen-bond donors (Lipinski definition) is 2. The zero-order chi connectivity index (χ0) is 26.1. The van der Waals surface area contributed by atoms with E-state index in [1.54, 1.807) is 19.4 Å². The number of nitrogens with zero attached hydrogens (tertiary/aromatic N) is 6. The minimum Gasteiger partial charge on any atom is -0.384 e. The monoisotopic (exact) mass is 520 g/mol. The Balaban J connectivity index is 1.40. The highest BCUT2D eigenvalue weighted by molar-refractivity contribution is 6.32. The zero-order valence-electron chi connectivity index (χ0n) is 21.0. The SMILES string of the molecule is COCC1CN(C)CCN1c1ccc(Nc2ncc3c(N)n(-c4c(C)cccc4Cl)c(=O)nc3n2)cc1. The van der Waals surface area contributed by atoms with Crippen LogP contribution in [0.15, 0.2) is 53.5 Å². The lowest BCUT2D eigenvalue weighted by Gasteiger charge is -2.41. The van der Waals surface area contributed by atoms with Crippen molar-refractivity contribution >= 4 is 45.8 Å². The molecule has 1 atom stereocenters. The number of anilines is 4. The van der Waals surface area contributed by atoms with Crippen LogP contribution in [0.1, 0.15) is 5.56 Å². The standard InChI is InChI=1S/C26H29ClN8O2/c1-16-5-4-6-21(27)22(16)35-23(28)20-13-29-25(31-24(20)32-26(35)36)30-17-7-9-18(10-8-17)34-12-11-33(2)14-19(34)15-37-3/h4-10,13,19H,11-12,14-15,28H2,1-3H3,(H,30,31,32,36). The molecule has 192 valence electrons. The lowest BCUT2D eigenvalue weighted by Crippen LogP contribution is -2.53. The number of likely N-dealkylation sites (N-methyl/N-ethyl adjacent to an activating group) is 1. The number of nitrogen functional groups attached to an aromatic ring is 1. The first kappa shape index (κ1) is 24.9. The van der Waals surface area contributed by atoms with E-state index in [0.29, 0.717) is 34.7 Å². The van der Waals surface area contributed by atoms with Crippen LogP contribution in [0.25, 0.3) is 16.7 Å². The topological polar surface area (TPSA) is 114 Å². The number of ether oxygens (including phenoxy) is 1. The van der Waals surface area contributed by atoms with Crippen molar-refractivity contribution in [1.82, 2.24) is 24.4 Å². The van der Waals surface area contributed by atoms with Gasteiger partial charge in [-0.3, -0.25) is 0 Å². The highest BCUT2D eigenvalue weighted by atomic mass is 35.5. The van der Waals surface area contributed by atoms with Crippen molar-refractivity contribution in [2.24, 2.45) is 0 Å². The van der Waals surface area contributed by atoms with E-state index in [9.17, 15) is 4.79 Å². The molecule has 2 aromatic carbocycles. The van der Waals surface area contributed by atoms with Crippen molar-refractivity contribution < 1.29 is 4.74 Å². The Bertz CT molecular complexity index is 1470. The number of aryl methyl sites for hydroxylation is 1. The van der Waals surface area contributed by atoms with Gasteiger partial charge in [0.2, 0.25) is 5.95 Å². The number of benzene rings is 2. The Labute approximate surface area is 219 Å². The number of aromatic nitrogens is 4. The fraction of sp³-hybridized carbons (Fsp3) is 0.308. The first-order valence-electron chi connectivity index (χ1n) is 12.0. The molecule has 0 amide bonds. The van der Waals surface area contributed by atoms with E-state index in [1.807, 2.05) is 31.2 Å². The van der Waals surface area contributed by atoms with Gasteiger partial charge in [-0.1, -0.05) is 23.7 Å². The van der Waals surface area contributed by atoms with E-state index in [0.717, 1.165) is 36.6 Å². The van der Waals surface area contributed by atoms with Gasteiger partial charge < -0.3 is 25.6 Å². The number of nitrogens with two attached hydrogens (primary N) is 1.